The number of nitrogens with zero attached hydrogens (tertiary/aromatic N) is 1. The Kier molecular flexibility index (Phi) is 4.95. The quantitative estimate of drug-likeness (QED) is 0.798. The molecule has 2 aliphatic rings. The second-order valence-electron chi connectivity index (χ2n) is 7.65. The van der Waals surface area contributed by atoms with E-state index < -0.39 is 0 Å². The number of hydrogen-bond donors (Lipinski definition) is 0. The molecular formula is C20H24BNO2. The summed E-state index contributed by atoms with van der Waals surface area (Å²) < 4.78 is 6.12. The van der Waals surface area contributed by atoms with Crippen molar-refractivity contribution in [1.29, 1.82) is 0 Å². The number of hydrogen-bond acceptors (Lipinski definition) is 3. The van der Waals surface area contributed by atoms with Crippen LogP contribution in [0.15, 0.2) is 53.7 Å². The van der Waals surface area contributed by atoms with Gasteiger partial charge >= 0.3 is 0 Å². The van der Waals surface area contributed by atoms with Crippen molar-refractivity contribution in [2.75, 3.05) is 13.1 Å². The SMILES string of the molecule is [B]C1=CC(OC2=CC(=O)CC(C)(C)C2)CN(Cc2ccccc2)C1. The van der Waals surface area contributed by atoms with Crippen molar-refractivity contribution in [2.45, 2.75) is 39.3 Å². The van der Waals surface area contributed by atoms with Gasteiger partial charge in [0, 0.05) is 38.6 Å². The maximum Gasteiger partial charge on any atom is 0.159 e. The minimum Gasteiger partial charge on any atom is -0.489 e. The van der Waals surface area contributed by atoms with Gasteiger partial charge in [-0.25, -0.2) is 0 Å². The number of rotatable bonds is 4. The molecule has 0 aromatic heterocycles. The molecule has 24 heavy (non-hydrogen) atoms. The van der Waals surface area contributed by atoms with Crippen molar-refractivity contribution in [1.82, 2.24) is 4.90 Å². The molecule has 0 saturated carbocycles. The molecule has 2 radical (unpaired) electrons. The zero-order valence-electron chi connectivity index (χ0n) is 14.5. The smallest absolute Gasteiger partial charge is 0.159 e. The normalized spacial score (nSPS) is 24.2. The summed E-state index contributed by atoms with van der Waals surface area (Å²) in [6, 6.07) is 10.4. The molecule has 1 aromatic rings. The van der Waals surface area contributed by atoms with E-state index in [0.717, 1.165) is 37.3 Å². The Morgan fingerprint density at radius 2 is 2.00 bits per heavy atom. The van der Waals surface area contributed by atoms with Crippen LogP contribution in [-0.2, 0) is 16.1 Å². The van der Waals surface area contributed by atoms with Crippen molar-refractivity contribution >= 4 is 13.6 Å². The molecule has 0 saturated heterocycles. The molecule has 124 valence electrons. The minimum atomic E-state index is -0.101. The lowest BCUT2D eigenvalue weighted by atomic mass is 9.79. The predicted octanol–water partition coefficient (Wildman–Crippen LogP) is 3.21. The third kappa shape index (κ3) is 4.61. The maximum atomic E-state index is 11.9. The Hall–Kier alpha value is -1.81. The van der Waals surface area contributed by atoms with Crippen LogP contribution < -0.4 is 0 Å². The molecule has 1 aliphatic carbocycles. The first kappa shape index (κ1) is 17.0. The van der Waals surface area contributed by atoms with Gasteiger partial charge in [0.2, 0.25) is 0 Å². The number of carbonyl (C=O) groups excluding carboxylic acids is 1. The number of allylic oxidation sites excluding steroid dienone is 2. The molecule has 3 rings (SSSR count). The van der Waals surface area contributed by atoms with E-state index in [2.05, 4.69) is 30.9 Å². The zero-order chi connectivity index (χ0) is 17.2. The van der Waals surface area contributed by atoms with E-state index in [1.54, 1.807) is 6.08 Å². The van der Waals surface area contributed by atoms with Crippen LogP contribution in [0.2, 0.25) is 0 Å². The van der Waals surface area contributed by atoms with Gasteiger partial charge in [-0.05, 0) is 11.0 Å². The van der Waals surface area contributed by atoms with Crippen LogP contribution in [0.1, 0.15) is 32.3 Å². The Balaban J connectivity index is 1.66. The van der Waals surface area contributed by atoms with Crippen LogP contribution in [0.5, 0.6) is 0 Å². The topological polar surface area (TPSA) is 29.5 Å². The fourth-order valence-corrected chi connectivity index (χ4v) is 3.51. The van der Waals surface area contributed by atoms with E-state index in [-0.39, 0.29) is 17.3 Å². The van der Waals surface area contributed by atoms with Gasteiger partial charge in [0.1, 0.15) is 19.7 Å². The van der Waals surface area contributed by atoms with Crippen LogP contribution in [0.4, 0.5) is 0 Å². The first-order valence-electron chi connectivity index (χ1n) is 8.52. The number of ether oxygens (including phenoxy) is 1. The molecule has 0 bridgehead atoms. The first-order chi connectivity index (χ1) is 11.4. The molecule has 0 fully saturated rings. The first-order valence-corrected chi connectivity index (χ1v) is 8.52. The number of benzene rings is 1. The third-order valence-electron chi connectivity index (χ3n) is 4.42. The summed E-state index contributed by atoms with van der Waals surface area (Å²) in [5.41, 5.74) is 2.05. The van der Waals surface area contributed by atoms with Gasteiger partial charge in [0.05, 0.1) is 0 Å². The van der Waals surface area contributed by atoms with E-state index in [1.165, 1.54) is 5.56 Å². The molecule has 1 aromatic carbocycles. The lowest BCUT2D eigenvalue weighted by Gasteiger charge is -2.35. The molecule has 0 spiro atoms. The second-order valence-corrected chi connectivity index (χ2v) is 7.65. The summed E-state index contributed by atoms with van der Waals surface area (Å²) in [6.45, 7) is 6.58. The third-order valence-corrected chi connectivity index (χ3v) is 4.42. The van der Waals surface area contributed by atoms with Gasteiger partial charge in [-0.3, -0.25) is 9.69 Å². The van der Waals surface area contributed by atoms with Gasteiger partial charge in [0.15, 0.2) is 5.78 Å². The van der Waals surface area contributed by atoms with E-state index in [9.17, 15) is 4.79 Å². The fraction of sp³-hybridized carbons (Fsp3) is 0.450. The van der Waals surface area contributed by atoms with Crippen molar-refractivity contribution in [3.05, 3.63) is 59.3 Å². The molecule has 1 unspecified atom stereocenters. The minimum absolute atomic E-state index is 0.0329. The Labute approximate surface area is 145 Å². The Morgan fingerprint density at radius 1 is 1.25 bits per heavy atom. The Bertz CT molecular complexity index is 663. The average molecular weight is 321 g/mol. The van der Waals surface area contributed by atoms with Crippen molar-refractivity contribution in [3.63, 3.8) is 0 Å². The van der Waals surface area contributed by atoms with E-state index in [1.807, 2.05) is 24.3 Å². The summed E-state index contributed by atoms with van der Waals surface area (Å²) in [5.74, 6) is 0.932. The van der Waals surface area contributed by atoms with E-state index in [4.69, 9.17) is 12.6 Å². The van der Waals surface area contributed by atoms with Crippen LogP contribution >= 0.6 is 0 Å². The average Bonchev–Trinajstić information content (AvgIpc) is 2.45. The predicted molar refractivity (Wildman–Crippen MR) is 96.5 cm³/mol. The Morgan fingerprint density at radius 3 is 2.71 bits per heavy atom. The summed E-state index contributed by atoms with van der Waals surface area (Å²) in [6.07, 6.45) is 4.92. The highest BCUT2D eigenvalue weighted by molar-refractivity contribution is 6.22. The lowest BCUT2D eigenvalue weighted by molar-refractivity contribution is -0.117. The highest BCUT2D eigenvalue weighted by atomic mass is 16.5. The van der Waals surface area contributed by atoms with Gasteiger partial charge in [-0.1, -0.05) is 50.3 Å². The summed E-state index contributed by atoms with van der Waals surface area (Å²) in [5, 5.41) is 0. The largest absolute Gasteiger partial charge is 0.489 e. The van der Waals surface area contributed by atoms with Crippen LogP contribution in [0, 0.1) is 5.41 Å². The van der Waals surface area contributed by atoms with Crippen LogP contribution in [-0.4, -0.2) is 37.7 Å². The monoisotopic (exact) mass is 321 g/mol. The fourth-order valence-electron chi connectivity index (χ4n) is 3.51. The highest BCUT2D eigenvalue weighted by Gasteiger charge is 2.30. The van der Waals surface area contributed by atoms with Gasteiger partial charge < -0.3 is 4.74 Å². The van der Waals surface area contributed by atoms with Crippen molar-refractivity contribution in [3.8, 4) is 0 Å². The van der Waals surface area contributed by atoms with Crippen molar-refractivity contribution in [2.24, 2.45) is 5.41 Å². The molecule has 3 nitrogen and oxygen atoms in total. The summed E-state index contributed by atoms with van der Waals surface area (Å²) in [4.78, 5) is 14.2. The molecule has 4 heteroatoms. The van der Waals surface area contributed by atoms with Gasteiger partial charge in [-0.15, -0.1) is 5.47 Å². The summed E-state index contributed by atoms with van der Waals surface area (Å²) in [7, 11) is 6.11. The van der Waals surface area contributed by atoms with Crippen LogP contribution in [0.3, 0.4) is 0 Å². The van der Waals surface area contributed by atoms with E-state index >= 15 is 0 Å². The zero-order valence-corrected chi connectivity index (χ0v) is 14.5. The van der Waals surface area contributed by atoms with Crippen molar-refractivity contribution < 1.29 is 9.53 Å². The van der Waals surface area contributed by atoms with E-state index in [0.29, 0.717) is 6.42 Å². The standard InChI is InChI=1S/C20H24BNO2/c1-20(2)10-17(23)9-18(11-20)24-19-8-16(21)13-22(14-19)12-15-6-4-3-5-7-15/h3-9,19H,10-14H2,1-2H3. The molecule has 1 atom stereocenters. The molecular weight excluding hydrogens is 297 g/mol. The molecule has 1 heterocycles. The molecule has 0 amide bonds. The highest BCUT2D eigenvalue weighted by Crippen LogP contribution is 2.34. The van der Waals surface area contributed by atoms with Crippen LogP contribution in [0.25, 0.3) is 0 Å². The summed E-state index contributed by atoms with van der Waals surface area (Å²) >= 11 is 0. The second kappa shape index (κ2) is 6.98. The molecule has 1 aliphatic heterocycles. The maximum absolute atomic E-state index is 11.9. The molecule has 0 N–H and O–H groups in total. The number of ketones is 1. The van der Waals surface area contributed by atoms with Gasteiger partial charge in [0.25, 0.3) is 0 Å². The van der Waals surface area contributed by atoms with Gasteiger partial charge in [-0.2, -0.15) is 0 Å². The number of carbonyl (C=O) groups is 1. The lowest BCUT2D eigenvalue weighted by Crippen LogP contribution is -2.39.